The van der Waals surface area contributed by atoms with Crippen LogP contribution in [0, 0.1) is 0 Å². The quantitative estimate of drug-likeness (QED) is 0.362. The van der Waals surface area contributed by atoms with Crippen molar-refractivity contribution in [2.24, 2.45) is 0 Å². The molecule has 1 atom stereocenters. The lowest BCUT2D eigenvalue weighted by Gasteiger charge is -2.37. The van der Waals surface area contributed by atoms with E-state index < -0.39 is 23.5 Å². The topological polar surface area (TPSA) is 0 Å². The molecule has 0 aromatic heterocycles. The van der Waals surface area contributed by atoms with E-state index >= 15 is 0 Å². The molecule has 0 fully saturated rings. The first-order valence-electron chi connectivity index (χ1n) is 9.38. The first-order chi connectivity index (χ1) is 11.5. The predicted octanol–water partition coefficient (Wildman–Crippen LogP) is 7.14. The molecule has 0 N–H and O–H groups in total. The van der Waals surface area contributed by atoms with E-state index in [1.807, 2.05) is 0 Å². The largest absolute Gasteiger partial charge is 0.182 e. The molecule has 25 heavy (non-hydrogen) atoms. The normalized spacial score (nSPS) is 20.0. The molecule has 0 aliphatic heterocycles. The van der Waals surface area contributed by atoms with Crippen molar-refractivity contribution in [2.45, 2.75) is 56.5 Å². The molecule has 2 aliphatic carbocycles. The summed E-state index contributed by atoms with van der Waals surface area (Å²) in [5, 5.41) is 1.57. The lowest BCUT2D eigenvalue weighted by molar-refractivity contribution is 1.05. The first kappa shape index (κ1) is 19.2. The summed E-state index contributed by atoms with van der Waals surface area (Å²) in [6, 6.07) is 9.01. The highest BCUT2D eigenvalue weighted by Crippen LogP contribution is 2.52. The molecule has 0 saturated carbocycles. The van der Waals surface area contributed by atoms with Crippen molar-refractivity contribution in [1.29, 1.82) is 0 Å². The zero-order chi connectivity index (χ0) is 18.5. The summed E-state index contributed by atoms with van der Waals surface area (Å²) in [5.41, 5.74) is 6.99. The van der Waals surface area contributed by atoms with Crippen LogP contribution in [0.15, 0.2) is 54.1 Å². The summed E-state index contributed by atoms with van der Waals surface area (Å²) in [6.45, 7) is 14.9. The molecule has 0 radical (unpaired) electrons. The van der Waals surface area contributed by atoms with Crippen molar-refractivity contribution in [3.8, 4) is 0 Å². The molecule has 1 aromatic rings. The Morgan fingerprint density at radius 3 is 2.08 bits per heavy atom. The standard InChI is InChI=1S/C21H31ClSi3/c1-23(2,3)15-25(22,16-24(4,5)6)21-19-13-9-7-11-17(19)18-12-8-10-14-20(18)21/h7-14,17H,15-16H2,1-6H3. The minimum atomic E-state index is -2.06. The van der Waals surface area contributed by atoms with Crippen molar-refractivity contribution in [3.63, 3.8) is 0 Å². The Hall–Kier alpha value is -0.619. The molecule has 0 amide bonds. The molecule has 4 heteroatoms. The zero-order valence-electron chi connectivity index (χ0n) is 16.5. The van der Waals surface area contributed by atoms with E-state index in [1.165, 1.54) is 28.0 Å². The highest BCUT2D eigenvalue weighted by Gasteiger charge is 2.47. The lowest BCUT2D eigenvalue weighted by Crippen LogP contribution is -2.45. The van der Waals surface area contributed by atoms with Gasteiger partial charge in [0.2, 0.25) is 0 Å². The van der Waals surface area contributed by atoms with Crippen molar-refractivity contribution in [2.75, 3.05) is 0 Å². The van der Waals surface area contributed by atoms with Crippen LogP contribution in [0.4, 0.5) is 0 Å². The van der Waals surface area contributed by atoms with Gasteiger partial charge >= 0.3 is 0 Å². The maximum absolute atomic E-state index is 7.75. The van der Waals surface area contributed by atoms with Crippen molar-refractivity contribution in [3.05, 3.63) is 65.3 Å². The fourth-order valence-corrected chi connectivity index (χ4v) is 30.4. The molecular formula is C21H31ClSi3. The van der Waals surface area contributed by atoms with Gasteiger partial charge in [0.05, 0.1) is 0 Å². The molecule has 0 heterocycles. The van der Waals surface area contributed by atoms with Gasteiger partial charge in [-0.15, -0.1) is 0 Å². The van der Waals surface area contributed by atoms with Gasteiger partial charge in [0.25, 0.3) is 0 Å². The van der Waals surface area contributed by atoms with Crippen LogP contribution >= 0.6 is 11.1 Å². The average molecular weight is 403 g/mol. The second-order valence-electron chi connectivity index (χ2n) is 10.1. The summed E-state index contributed by atoms with van der Waals surface area (Å²) in [7, 11) is -4.58. The fraction of sp³-hybridized carbons (Fsp3) is 0.429. The van der Waals surface area contributed by atoms with Gasteiger partial charge in [-0.1, -0.05) is 87.9 Å². The smallest absolute Gasteiger partial charge is 0.162 e. The van der Waals surface area contributed by atoms with Crippen molar-refractivity contribution in [1.82, 2.24) is 0 Å². The van der Waals surface area contributed by atoms with Gasteiger partial charge in [0.1, 0.15) is 0 Å². The second-order valence-corrected chi connectivity index (χ2v) is 27.8. The molecule has 1 unspecified atom stereocenters. The highest BCUT2D eigenvalue weighted by molar-refractivity contribution is 7.36. The van der Waals surface area contributed by atoms with Gasteiger partial charge in [0.15, 0.2) is 7.38 Å². The minimum absolute atomic E-state index is 0.421. The van der Waals surface area contributed by atoms with Gasteiger partial charge < -0.3 is 0 Å². The van der Waals surface area contributed by atoms with Gasteiger partial charge in [-0.25, -0.2) is 0 Å². The third-order valence-corrected chi connectivity index (χ3v) is 22.3. The van der Waals surface area contributed by atoms with Gasteiger partial charge in [-0.2, -0.15) is 11.1 Å². The van der Waals surface area contributed by atoms with Crippen LogP contribution in [0.25, 0.3) is 5.20 Å². The van der Waals surface area contributed by atoms with E-state index in [-0.39, 0.29) is 0 Å². The van der Waals surface area contributed by atoms with Crippen LogP contribution in [-0.4, -0.2) is 23.5 Å². The number of allylic oxidation sites excluding steroid dienone is 5. The summed E-state index contributed by atoms with van der Waals surface area (Å²) >= 11 is 7.75. The van der Waals surface area contributed by atoms with E-state index in [2.05, 4.69) is 87.9 Å². The van der Waals surface area contributed by atoms with Crippen LogP contribution in [0.2, 0.25) is 50.6 Å². The van der Waals surface area contributed by atoms with Gasteiger partial charge in [-0.05, 0) is 33.2 Å². The number of fused-ring (bicyclic) bond motifs is 3. The number of benzene rings is 1. The van der Waals surface area contributed by atoms with Crippen LogP contribution in [0.3, 0.4) is 0 Å². The molecule has 0 spiro atoms. The Morgan fingerprint density at radius 2 is 1.48 bits per heavy atom. The molecule has 1 aromatic carbocycles. The average Bonchev–Trinajstić information content (AvgIpc) is 2.78. The summed E-state index contributed by atoms with van der Waals surface area (Å²) in [6.07, 6.45) is 9.10. The highest BCUT2D eigenvalue weighted by atomic mass is 35.6. The van der Waals surface area contributed by atoms with Gasteiger partial charge in [0, 0.05) is 22.1 Å². The van der Waals surface area contributed by atoms with E-state index in [9.17, 15) is 0 Å². The van der Waals surface area contributed by atoms with Crippen LogP contribution in [-0.2, 0) is 0 Å². The maximum atomic E-state index is 7.75. The second kappa shape index (κ2) is 6.52. The summed E-state index contributed by atoms with van der Waals surface area (Å²) < 4.78 is 0. The number of rotatable bonds is 5. The summed E-state index contributed by atoms with van der Waals surface area (Å²) in [4.78, 5) is 0. The van der Waals surface area contributed by atoms with Crippen molar-refractivity contribution < 1.29 is 0 Å². The monoisotopic (exact) mass is 402 g/mol. The molecule has 2 aliphatic rings. The van der Waals surface area contributed by atoms with Crippen LogP contribution in [0.5, 0.6) is 0 Å². The number of hydrogen-bond donors (Lipinski definition) is 0. The van der Waals surface area contributed by atoms with E-state index in [0.29, 0.717) is 5.92 Å². The molecule has 3 rings (SSSR count). The Labute approximate surface area is 161 Å². The van der Waals surface area contributed by atoms with Gasteiger partial charge in [-0.3, -0.25) is 0 Å². The third kappa shape index (κ3) is 4.05. The van der Waals surface area contributed by atoms with E-state index in [4.69, 9.17) is 11.1 Å². The minimum Gasteiger partial charge on any atom is -0.162 e. The number of hydrogen-bond acceptors (Lipinski definition) is 0. The molecule has 134 valence electrons. The number of halogens is 1. The Balaban J connectivity index is 2.20. The first-order valence-corrected chi connectivity index (χ1v) is 20.2. The van der Waals surface area contributed by atoms with E-state index in [1.54, 1.807) is 5.20 Å². The SMILES string of the molecule is C[Si](C)(C)C[Si](Cl)(C[Si](C)(C)C)C1=C2C=CC=CC2c2ccccc21. The molecule has 0 bridgehead atoms. The predicted molar refractivity (Wildman–Crippen MR) is 122 cm³/mol. The Bertz CT molecular complexity index is 744. The lowest BCUT2D eigenvalue weighted by atomic mass is 9.93. The molecule has 0 nitrogen and oxygen atoms in total. The Kier molecular flexibility index (Phi) is 4.99. The zero-order valence-corrected chi connectivity index (χ0v) is 20.2. The van der Waals surface area contributed by atoms with E-state index in [0.717, 1.165) is 0 Å². The molecular weight excluding hydrogens is 372 g/mol. The van der Waals surface area contributed by atoms with Crippen molar-refractivity contribution >= 4 is 39.8 Å². The fourth-order valence-electron chi connectivity index (χ4n) is 4.62. The third-order valence-electron chi connectivity index (χ3n) is 4.95. The maximum Gasteiger partial charge on any atom is 0.182 e. The van der Waals surface area contributed by atoms with Crippen LogP contribution in [0.1, 0.15) is 17.0 Å². The Morgan fingerprint density at radius 1 is 0.880 bits per heavy atom. The summed E-state index contributed by atoms with van der Waals surface area (Å²) in [5.74, 6) is 0.421. The van der Waals surface area contributed by atoms with Crippen LogP contribution < -0.4 is 0 Å². The molecule has 0 saturated heterocycles.